The summed E-state index contributed by atoms with van der Waals surface area (Å²) in [7, 11) is 0. The van der Waals surface area contributed by atoms with Gasteiger partial charge in [0.2, 0.25) is 0 Å². The summed E-state index contributed by atoms with van der Waals surface area (Å²) in [6, 6.07) is 13.8. The summed E-state index contributed by atoms with van der Waals surface area (Å²) in [5.74, 6) is 0.214. The lowest BCUT2D eigenvalue weighted by Crippen LogP contribution is -2.08. The van der Waals surface area contributed by atoms with Gasteiger partial charge in [0.15, 0.2) is 0 Å². The highest BCUT2D eigenvalue weighted by molar-refractivity contribution is 5.88. The number of carboxylic acids is 1. The van der Waals surface area contributed by atoms with Crippen LogP contribution in [0.1, 0.15) is 34.0 Å². The zero-order chi connectivity index (χ0) is 14.1. The molecular weight excluding hydrogens is 252 g/mol. The summed E-state index contributed by atoms with van der Waals surface area (Å²) in [4.78, 5) is 15.4. The molecule has 1 fully saturated rings. The largest absolute Gasteiger partial charge is 0.478 e. The molecule has 1 aromatic carbocycles. The monoisotopic (exact) mass is 268 g/mol. The van der Waals surface area contributed by atoms with Crippen molar-refractivity contribution in [3.8, 4) is 0 Å². The zero-order valence-corrected chi connectivity index (χ0v) is 11.2. The average molecular weight is 268 g/mol. The minimum Gasteiger partial charge on any atom is -0.478 e. The SMILES string of the molecule is Cc1cc(C(=O)O)cc(NC2CC2c2ccccc2)n1. The maximum atomic E-state index is 11.0. The third-order valence-electron chi connectivity index (χ3n) is 3.55. The van der Waals surface area contributed by atoms with Gasteiger partial charge in [0.1, 0.15) is 5.82 Å². The molecule has 4 heteroatoms. The van der Waals surface area contributed by atoms with Gasteiger partial charge < -0.3 is 10.4 Å². The minimum atomic E-state index is -0.922. The number of aromatic nitrogens is 1. The first kappa shape index (κ1) is 12.7. The summed E-state index contributed by atoms with van der Waals surface area (Å²) in [5.41, 5.74) is 2.30. The van der Waals surface area contributed by atoms with Crippen LogP contribution in [0, 0.1) is 6.92 Å². The van der Waals surface area contributed by atoms with Crippen molar-refractivity contribution in [2.75, 3.05) is 5.32 Å². The summed E-state index contributed by atoms with van der Waals surface area (Å²) in [6.07, 6.45) is 1.06. The van der Waals surface area contributed by atoms with Gasteiger partial charge in [-0.1, -0.05) is 30.3 Å². The summed E-state index contributed by atoms with van der Waals surface area (Å²) >= 11 is 0. The maximum absolute atomic E-state index is 11.0. The van der Waals surface area contributed by atoms with E-state index in [1.807, 2.05) is 18.2 Å². The van der Waals surface area contributed by atoms with Crippen molar-refractivity contribution >= 4 is 11.8 Å². The van der Waals surface area contributed by atoms with E-state index < -0.39 is 5.97 Å². The molecule has 3 rings (SSSR count). The van der Waals surface area contributed by atoms with Crippen LogP contribution in [-0.2, 0) is 0 Å². The van der Waals surface area contributed by atoms with Crippen molar-refractivity contribution < 1.29 is 9.90 Å². The Morgan fingerprint density at radius 2 is 2.05 bits per heavy atom. The Morgan fingerprint density at radius 1 is 1.30 bits per heavy atom. The van der Waals surface area contributed by atoms with E-state index in [0.29, 0.717) is 23.5 Å². The molecule has 4 nitrogen and oxygen atoms in total. The summed E-state index contributed by atoms with van der Waals surface area (Å²) < 4.78 is 0. The highest BCUT2D eigenvalue weighted by Gasteiger charge is 2.38. The van der Waals surface area contributed by atoms with Gasteiger partial charge in [0, 0.05) is 17.7 Å². The molecule has 2 aromatic rings. The minimum absolute atomic E-state index is 0.275. The van der Waals surface area contributed by atoms with Gasteiger partial charge in [-0.15, -0.1) is 0 Å². The van der Waals surface area contributed by atoms with Crippen molar-refractivity contribution in [2.45, 2.75) is 25.3 Å². The molecule has 1 saturated carbocycles. The molecule has 0 spiro atoms. The third-order valence-corrected chi connectivity index (χ3v) is 3.55. The predicted molar refractivity (Wildman–Crippen MR) is 77.1 cm³/mol. The van der Waals surface area contributed by atoms with Crippen molar-refractivity contribution in [3.05, 3.63) is 59.3 Å². The number of pyridine rings is 1. The van der Waals surface area contributed by atoms with Gasteiger partial charge in [-0.05, 0) is 31.0 Å². The van der Waals surface area contributed by atoms with E-state index in [0.717, 1.165) is 6.42 Å². The normalized spacial score (nSPS) is 20.4. The van der Waals surface area contributed by atoms with Crippen molar-refractivity contribution in [3.63, 3.8) is 0 Å². The number of carbonyl (C=O) groups is 1. The fourth-order valence-electron chi connectivity index (χ4n) is 2.48. The van der Waals surface area contributed by atoms with Crippen molar-refractivity contribution in [2.24, 2.45) is 0 Å². The molecule has 1 heterocycles. The maximum Gasteiger partial charge on any atom is 0.335 e. The van der Waals surface area contributed by atoms with Crippen molar-refractivity contribution in [1.29, 1.82) is 0 Å². The average Bonchev–Trinajstić information content (AvgIpc) is 3.18. The van der Waals surface area contributed by atoms with Crippen molar-refractivity contribution in [1.82, 2.24) is 4.98 Å². The highest BCUT2D eigenvalue weighted by atomic mass is 16.4. The van der Waals surface area contributed by atoms with E-state index in [1.165, 1.54) is 5.56 Å². The van der Waals surface area contributed by atoms with Crippen LogP contribution in [0.25, 0.3) is 0 Å². The first-order valence-corrected chi connectivity index (χ1v) is 6.67. The molecule has 0 saturated heterocycles. The second kappa shape index (κ2) is 4.96. The smallest absolute Gasteiger partial charge is 0.335 e. The van der Waals surface area contributed by atoms with E-state index in [2.05, 4.69) is 22.4 Å². The number of benzene rings is 1. The van der Waals surface area contributed by atoms with Gasteiger partial charge in [-0.2, -0.15) is 0 Å². The van der Waals surface area contributed by atoms with Gasteiger partial charge in [-0.3, -0.25) is 0 Å². The summed E-state index contributed by atoms with van der Waals surface area (Å²) in [6.45, 7) is 1.80. The lowest BCUT2D eigenvalue weighted by Gasteiger charge is -2.07. The molecule has 0 radical (unpaired) electrons. The fourth-order valence-corrected chi connectivity index (χ4v) is 2.48. The van der Waals surface area contributed by atoms with Crippen LogP contribution in [-0.4, -0.2) is 22.1 Å². The molecule has 20 heavy (non-hydrogen) atoms. The number of hydrogen-bond acceptors (Lipinski definition) is 3. The molecule has 1 aliphatic carbocycles. The predicted octanol–water partition coefficient (Wildman–Crippen LogP) is 3.06. The highest BCUT2D eigenvalue weighted by Crippen LogP contribution is 2.42. The van der Waals surface area contributed by atoms with Gasteiger partial charge >= 0.3 is 5.97 Å². The Balaban J connectivity index is 1.72. The number of aromatic carboxylic acids is 1. The molecule has 2 atom stereocenters. The molecule has 2 N–H and O–H groups in total. The Labute approximate surface area is 117 Å². The number of rotatable bonds is 4. The molecule has 0 aliphatic heterocycles. The zero-order valence-electron chi connectivity index (χ0n) is 11.2. The van der Waals surface area contributed by atoms with Crippen LogP contribution in [0.15, 0.2) is 42.5 Å². The number of carboxylic acid groups (broad SMARTS) is 1. The van der Waals surface area contributed by atoms with Gasteiger partial charge in [0.25, 0.3) is 0 Å². The molecular formula is C16H16N2O2. The number of nitrogens with one attached hydrogen (secondary N) is 1. The van der Waals surface area contributed by atoms with Crippen LogP contribution in [0.5, 0.6) is 0 Å². The van der Waals surface area contributed by atoms with Crippen LogP contribution in [0.2, 0.25) is 0 Å². The Bertz CT molecular complexity index is 640. The lowest BCUT2D eigenvalue weighted by atomic mass is 10.1. The first-order chi connectivity index (χ1) is 9.63. The molecule has 1 aliphatic rings. The van der Waals surface area contributed by atoms with Crippen LogP contribution >= 0.6 is 0 Å². The van der Waals surface area contributed by atoms with Gasteiger partial charge in [-0.25, -0.2) is 9.78 Å². The third kappa shape index (κ3) is 2.64. The van der Waals surface area contributed by atoms with E-state index in [9.17, 15) is 4.79 Å². The Hall–Kier alpha value is -2.36. The topological polar surface area (TPSA) is 62.2 Å². The van der Waals surface area contributed by atoms with E-state index in [4.69, 9.17) is 5.11 Å². The number of nitrogens with zero attached hydrogens (tertiary/aromatic N) is 1. The van der Waals surface area contributed by atoms with Crippen LogP contribution < -0.4 is 5.32 Å². The standard InChI is InChI=1S/C16H16N2O2/c1-10-7-12(16(19)20)8-15(17-10)18-14-9-13(14)11-5-3-2-4-6-11/h2-8,13-14H,9H2,1H3,(H,17,18)(H,19,20). The number of aryl methyl sites for hydroxylation is 1. The second-order valence-corrected chi connectivity index (χ2v) is 5.19. The van der Waals surface area contributed by atoms with E-state index in [-0.39, 0.29) is 5.56 Å². The first-order valence-electron chi connectivity index (χ1n) is 6.67. The lowest BCUT2D eigenvalue weighted by molar-refractivity contribution is 0.0696. The second-order valence-electron chi connectivity index (χ2n) is 5.19. The van der Waals surface area contributed by atoms with Gasteiger partial charge in [0.05, 0.1) is 5.56 Å². The van der Waals surface area contributed by atoms with E-state index >= 15 is 0 Å². The number of anilines is 1. The summed E-state index contributed by atoms with van der Waals surface area (Å²) in [5, 5.41) is 12.4. The fraction of sp³-hybridized carbons (Fsp3) is 0.250. The van der Waals surface area contributed by atoms with E-state index in [1.54, 1.807) is 19.1 Å². The molecule has 1 aromatic heterocycles. The molecule has 0 amide bonds. The molecule has 2 unspecified atom stereocenters. The molecule has 0 bridgehead atoms. The Morgan fingerprint density at radius 3 is 2.75 bits per heavy atom. The van der Waals surface area contributed by atoms with Crippen LogP contribution in [0.3, 0.4) is 0 Å². The quantitative estimate of drug-likeness (QED) is 0.894. The molecule has 102 valence electrons. The Kier molecular flexibility index (Phi) is 3.14. The van der Waals surface area contributed by atoms with Crippen LogP contribution in [0.4, 0.5) is 5.82 Å². The number of hydrogen-bond donors (Lipinski definition) is 2.